The van der Waals surface area contributed by atoms with Crippen LogP contribution < -0.4 is 18.3 Å². The third kappa shape index (κ3) is 2.03. The normalized spacial score (nSPS) is 16.3. The topological polar surface area (TPSA) is 36.9 Å². The Morgan fingerprint density at radius 1 is 0.565 bits per heavy atom. The predicted octanol–water partition coefficient (Wildman–Crippen LogP) is 5.29. The Kier molecular flexibility index (Phi) is 2.79. The molecule has 0 fully saturated rings. The number of hydrogen-bond donors (Lipinski definition) is 0. The van der Waals surface area contributed by atoms with Crippen LogP contribution in [-0.4, -0.2) is 8.56 Å². The molecule has 120 valence electrons. The van der Waals surface area contributed by atoms with E-state index in [9.17, 15) is 0 Å². The summed E-state index contributed by atoms with van der Waals surface area (Å²) >= 11 is 0. The number of hydrogen-bond acceptors (Lipinski definition) is 4. The summed E-state index contributed by atoms with van der Waals surface area (Å²) in [5.74, 6) is 4.29. The molecule has 2 aromatic carbocycles. The zero-order chi connectivity index (χ0) is 16.5. The Morgan fingerprint density at radius 2 is 0.913 bits per heavy atom. The average Bonchev–Trinajstić information content (AvgIpc) is 2.45. The van der Waals surface area contributed by atoms with Gasteiger partial charge in [-0.2, -0.15) is 0 Å². The molecule has 0 saturated carbocycles. The molecule has 0 atom stereocenters. The second-order valence-corrected chi connectivity index (χ2v) is 10.0. The summed E-state index contributed by atoms with van der Waals surface area (Å²) in [4.78, 5) is 0. The minimum absolute atomic E-state index is 0.671. The fourth-order valence-electron chi connectivity index (χ4n) is 3.24. The van der Waals surface area contributed by atoms with Gasteiger partial charge in [0, 0.05) is 13.1 Å². The smallest absolute Gasteiger partial charge is 0.454 e. The van der Waals surface area contributed by atoms with Crippen LogP contribution in [0, 0.1) is 27.7 Å². The van der Waals surface area contributed by atoms with Crippen molar-refractivity contribution in [2.45, 2.75) is 40.8 Å². The molecule has 0 unspecified atom stereocenters. The van der Waals surface area contributed by atoms with Gasteiger partial charge in [-0.05, 0) is 62.1 Å². The van der Waals surface area contributed by atoms with Crippen LogP contribution in [0.15, 0.2) is 12.1 Å². The van der Waals surface area contributed by atoms with E-state index in [4.69, 9.17) is 18.3 Å². The molecule has 4 nitrogen and oxygen atoms in total. The molecular weight excluding hydrogens is 308 g/mol. The molecule has 2 heterocycles. The first-order chi connectivity index (χ1) is 10.8. The minimum Gasteiger partial charge on any atom is -0.509 e. The number of benzene rings is 2. The van der Waals surface area contributed by atoms with Crippen LogP contribution in [0.5, 0.6) is 34.5 Å². The molecule has 2 bridgehead atoms. The summed E-state index contributed by atoms with van der Waals surface area (Å²) < 4.78 is 25.0. The molecule has 2 aromatic rings. The number of ether oxygens (including phenoxy) is 2. The Labute approximate surface area is 137 Å². The molecule has 2 aliphatic rings. The van der Waals surface area contributed by atoms with E-state index < -0.39 is 8.56 Å². The van der Waals surface area contributed by atoms with E-state index >= 15 is 0 Å². The molecule has 23 heavy (non-hydrogen) atoms. The lowest BCUT2D eigenvalue weighted by atomic mass is 10.1. The van der Waals surface area contributed by atoms with E-state index in [1.165, 1.54) is 0 Å². The van der Waals surface area contributed by atoms with Crippen molar-refractivity contribution in [2.24, 2.45) is 0 Å². The molecule has 0 aliphatic carbocycles. The van der Waals surface area contributed by atoms with Crippen molar-refractivity contribution in [1.29, 1.82) is 0 Å². The fourth-order valence-corrected chi connectivity index (χ4v) is 4.78. The van der Waals surface area contributed by atoms with Crippen molar-refractivity contribution in [3.05, 3.63) is 34.4 Å². The zero-order valence-corrected chi connectivity index (χ0v) is 15.3. The average molecular weight is 328 g/mol. The van der Waals surface area contributed by atoms with Crippen LogP contribution in [0.3, 0.4) is 0 Å². The first-order valence-corrected chi connectivity index (χ1v) is 10.6. The standard InChI is InChI=1S/C18H20O4Si/c1-9-7-11(3)15-17-13(9)19-14-10(2)8-12(4)16(18(14)20-17)22-23(5,6)21-15/h7-8H,1-6H3. The first kappa shape index (κ1) is 14.4. The van der Waals surface area contributed by atoms with Gasteiger partial charge in [0.15, 0.2) is 23.0 Å². The lowest BCUT2D eigenvalue weighted by molar-refractivity contribution is 0.298. The highest BCUT2D eigenvalue weighted by molar-refractivity contribution is 6.66. The van der Waals surface area contributed by atoms with Crippen molar-refractivity contribution in [3.8, 4) is 34.5 Å². The third-order valence-electron chi connectivity index (χ3n) is 4.23. The highest BCUT2D eigenvalue weighted by Gasteiger charge is 2.40. The van der Waals surface area contributed by atoms with E-state index in [2.05, 4.69) is 12.1 Å². The van der Waals surface area contributed by atoms with Gasteiger partial charge in [0.2, 0.25) is 11.5 Å². The van der Waals surface area contributed by atoms with Crippen LogP contribution >= 0.6 is 0 Å². The SMILES string of the molecule is Cc1cc(C)c2c3c1Oc1c(C)cc(C)c(c1O3)O[Si](C)(C)O2. The molecular formula is C18H20O4Si. The van der Waals surface area contributed by atoms with E-state index in [-0.39, 0.29) is 0 Å². The fraction of sp³-hybridized carbons (Fsp3) is 0.333. The Balaban J connectivity index is 2.09. The number of aryl methyl sites for hydroxylation is 4. The minimum atomic E-state index is -2.40. The van der Waals surface area contributed by atoms with Gasteiger partial charge >= 0.3 is 8.56 Å². The summed E-state index contributed by atoms with van der Waals surface area (Å²) in [5, 5.41) is 0. The summed E-state index contributed by atoms with van der Waals surface area (Å²) in [6.45, 7) is 12.2. The summed E-state index contributed by atoms with van der Waals surface area (Å²) in [7, 11) is -2.40. The van der Waals surface area contributed by atoms with Crippen molar-refractivity contribution in [3.63, 3.8) is 0 Å². The molecule has 4 rings (SSSR count). The third-order valence-corrected chi connectivity index (χ3v) is 5.62. The van der Waals surface area contributed by atoms with Crippen molar-refractivity contribution in [1.82, 2.24) is 0 Å². The summed E-state index contributed by atoms with van der Waals surface area (Å²) in [6, 6.07) is 4.14. The Bertz CT molecular complexity index is 788. The van der Waals surface area contributed by atoms with E-state index in [1.807, 2.05) is 40.8 Å². The van der Waals surface area contributed by atoms with Crippen molar-refractivity contribution < 1.29 is 18.3 Å². The monoisotopic (exact) mass is 328 g/mol. The highest BCUT2D eigenvalue weighted by atomic mass is 28.4. The van der Waals surface area contributed by atoms with Crippen molar-refractivity contribution in [2.75, 3.05) is 0 Å². The van der Waals surface area contributed by atoms with Gasteiger partial charge in [-0.15, -0.1) is 0 Å². The molecule has 0 amide bonds. The lowest BCUT2D eigenvalue weighted by Gasteiger charge is -2.35. The van der Waals surface area contributed by atoms with Gasteiger partial charge in [0.25, 0.3) is 0 Å². The van der Waals surface area contributed by atoms with Crippen LogP contribution in [-0.2, 0) is 0 Å². The lowest BCUT2D eigenvalue weighted by Crippen LogP contribution is -2.43. The van der Waals surface area contributed by atoms with E-state index in [0.717, 1.165) is 45.3 Å². The first-order valence-electron chi connectivity index (χ1n) is 7.79. The van der Waals surface area contributed by atoms with E-state index in [0.29, 0.717) is 11.5 Å². The maximum Gasteiger partial charge on any atom is 0.454 e. The quantitative estimate of drug-likeness (QED) is 0.525. The molecule has 5 heteroatoms. The molecule has 0 spiro atoms. The van der Waals surface area contributed by atoms with Gasteiger partial charge in [-0.3, -0.25) is 0 Å². The maximum atomic E-state index is 6.27. The van der Waals surface area contributed by atoms with Crippen LogP contribution in [0.1, 0.15) is 22.3 Å². The van der Waals surface area contributed by atoms with Crippen LogP contribution in [0.2, 0.25) is 13.1 Å². The van der Waals surface area contributed by atoms with Gasteiger partial charge < -0.3 is 18.3 Å². The van der Waals surface area contributed by atoms with Crippen molar-refractivity contribution >= 4 is 8.56 Å². The largest absolute Gasteiger partial charge is 0.509 e. The molecule has 2 aliphatic heterocycles. The highest BCUT2D eigenvalue weighted by Crippen LogP contribution is 2.58. The molecule has 0 saturated heterocycles. The summed E-state index contributed by atoms with van der Waals surface area (Å²) in [6.07, 6.45) is 0. The second kappa shape index (κ2) is 4.44. The van der Waals surface area contributed by atoms with Gasteiger partial charge in [-0.25, -0.2) is 0 Å². The van der Waals surface area contributed by atoms with Gasteiger partial charge in [0.1, 0.15) is 0 Å². The van der Waals surface area contributed by atoms with Gasteiger partial charge in [-0.1, -0.05) is 0 Å². The Morgan fingerprint density at radius 3 is 1.35 bits per heavy atom. The van der Waals surface area contributed by atoms with E-state index in [1.54, 1.807) is 0 Å². The summed E-state index contributed by atoms with van der Waals surface area (Å²) in [5.41, 5.74) is 4.14. The number of rotatable bonds is 0. The molecule has 0 N–H and O–H groups in total. The maximum absolute atomic E-state index is 6.27. The molecule has 0 radical (unpaired) electrons. The zero-order valence-electron chi connectivity index (χ0n) is 14.3. The van der Waals surface area contributed by atoms with Crippen LogP contribution in [0.4, 0.5) is 0 Å². The van der Waals surface area contributed by atoms with Crippen LogP contribution in [0.25, 0.3) is 0 Å². The Hall–Kier alpha value is -2.14. The van der Waals surface area contributed by atoms with Gasteiger partial charge in [0.05, 0.1) is 0 Å². The predicted molar refractivity (Wildman–Crippen MR) is 90.7 cm³/mol. The molecule has 0 aromatic heterocycles. The second-order valence-electron chi connectivity index (χ2n) is 6.80.